The number of aryl methyl sites for hydroxylation is 1. The van der Waals surface area contributed by atoms with Crippen LogP contribution >= 0.6 is 11.6 Å². The van der Waals surface area contributed by atoms with Crippen molar-refractivity contribution in [3.05, 3.63) is 47.3 Å². The fourth-order valence-electron chi connectivity index (χ4n) is 3.54. The van der Waals surface area contributed by atoms with Crippen LogP contribution in [0.3, 0.4) is 0 Å². The van der Waals surface area contributed by atoms with Crippen LogP contribution in [0.1, 0.15) is 37.5 Å². The van der Waals surface area contributed by atoms with E-state index in [1.54, 1.807) is 6.20 Å². The molecule has 1 N–H and O–H groups in total. The standard InChI is InChI=1S/C18H20ClN5O/c1-2-16-20-7-9-23(16)11-17(25)24-8-3-4-15(24)18-21-13-6-5-12(19)10-14(13)22-18/h5-7,9-10,15H,2-4,8,11H2,1H3,(H,21,22)/t15-/m1/s1. The fraction of sp³-hybridized carbons (Fsp3) is 0.389. The van der Waals surface area contributed by atoms with Crippen LogP contribution in [0.5, 0.6) is 0 Å². The van der Waals surface area contributed by atoms with Gasteiger partial charge >= 0.3 is 0 Å². The molecule has 3 heterocycles. The van der Waals surface area contributed by atoms with Gasteiger partial charge in [-0.3, -0.25) is 4.79 Å². The first-order valence-electron chi connectivity index (χ1n) is 8.60. The molecule has 1 aliphatic rings. The van der Waals surface area contributed by atoms with E-state index in [2.05, 4.69) is 15.0 Å². The van der Waals surface area contributed by atoms with Gasteiger partial charge in [-0.2, -0.15) is 0 Å². The zero-order valence-electron chi connectivity index (χ0n) is 14.1. The molecular weight excluding hydrogens is 338 g/mol. The zero-order chi connectivity index (χ0) is 17.4. The van der Waals surface area contributed by atoms with Crippen molar-refractivity contribution in [1.82, 2.24) is 24.4 Å². The van der Waals surface area contributed by atoms with Crippen LogP contribution in [0.4, 0.5) is 0 Å². The number of fused-ring (bicyclic) bond motifs is 1. The Bertz CT molecular complexity index is 915. The van der Waals surface area contributed by atoms with Crippen LogP contribution in [0.2, 0.25) is 5.02 Å². The first-order chi connectivity index (χ1) is 12.2. The van der Waals surface area contributed by atoms with Gasteiger partial charge < -0.3 is 14.5 Å². The third-order valence-electron chi connectivity index (χ3n) is 4.77. The highest BCUT2D eigenvalue weighted by molar-refractivity contribution is 6.31. The van der Waals surface area contributed by atoms with Gasteiger partial charge in [-0.1, -0.05) is 18.5 Å². The number of likely N-dealkylation sites (tertiary alicyclic amines) is 1. The van der Waals surface area contributed by atoms with Gasteiger partial charge in [-0.15, -0.1) is 0 Å². The minimum atomic E-state index is -0.00715. The third-order valence-corrected chi connectivity index (χ3v) is 5.01. The molecule has 0 radical (unpaired) electrons. The largest absolute Gasteiger partial charge is 0.340 e. The first kappa shape index (κ1) is 16.1. The molecule has 7 heteroatoms. The normalized spacial score (nSPS) is 17.5. The number of carbonyl (C=O) groups excluding carboxylic acids is 1. The Morgan fingerprint density at radius 1 is 1.44 bits per heavy atom. The lowest BCUT2D eigenvalue weighted by Gasteiger charge is -2.23. The number of aromatic amines is 1. The number of hydrogen-bond donors (Lipinski definition) is 1. The molecule has 0 unspecified atom stereocenters. The maximum Gasteiger partial charge on any atom is 0.243 e. The van der Waals surface area contributed by atoms with E-state index in [1.807, 2.05) is 40.8 Å². The Labute approximate surface area is 150 Å². The maximum absolute atomic E-state index is 12.8. The molecule has 0 saturated carbocycles. The minimum Gasteiger partial charge on any atom is -0.340 e. The van der Waals surface area contributed by atoms with Gasteiger partial charge in [0.15, 0.2) is 0 Å². The summed E-state index contributed by atoms with van der Waals surface area (Å²) in [5.74, 6) is 1.88. The number of amides is 1. The van der Waals surface area contributed by atoms with E-state index in [0.717, 1.165) is 48.5 Å². The second-order valence-corrected chi connectivity index (χ2v) is 6.79. The monoisotopic (exact) mass is 357 g/mol. The van der Waals surface area contributed by atoms with Crippen molar-refractivity contribution in [2.24, 2.45) is 0 Å². The van der Waals surface area contributed by atoms with Gasteiger partial charge in [-0.05, 0) is 31.0 Å². The summed E-state index contributed by atoms with van der Waals surface area (Å²) < 4.78 is 1.93. The van der Waals surface area contributed by atoms with E-state index in [-0.39, 0.29) is 11.9 Å². The topological polar surface area (TPSA) is 66.8 Å². The first-order valence-corrected chi connectivity index (χ1v) is 8.98. The molecule has 1 aliphatic heterocycles. The van der Waals surface area contributed by atoms with Crippen molar-refractivity contribution in [1.29, 1.82) is 0 Å². The number of benzene rings is 1. The molecule has 130 valence electrons. The molecule has 4 rings (SSSR count). The number of imidazole rings is 2. The van der Waals surface area contributed by atoms with E-state index >= 15 is 0 Å². The van der Waals surface area contributed by atoms with Gasteiger partial charge in [0.05, 0.1) is 17.1 Å². The van der Waals surface area contributed by atoms with Crippen molar-refractivity contribution in [2.45, 2.75) is 38.8 Å². The summed E-state index contributed by atoms with van der Waals surface area (Å²) in [6.07, 6.45) is 6.33. The molecule has 1 aromatic carbocycles. The molecule has 1 atom stereocenters. The lowest BCUT2D eigenvalue weighted by Crippen LogP contribution is -2.34. The second-order valence-electron chi connectivity index (χ2n) is 6.35. The minimum absolute atomic E-state index is 0.00715. The number of rotatable bonds is 4. The molecule has 6 nitrogen and oxygen atoms in total. The van der Waals surface area contributed by atoms with Crippen molar-refractivity contribution in [3.8, 4) is 0 Å². The molecule has 0 aliphatic carbocycles. The number of carbonyl (C=O) groups is 1. The number of nitrogens with zero attached hydrogens (tertiary/aromatic N) is 4. The SMILES string of the molecule is CCc1nccn1CC(=O)N1CCC[C@@H]1c1nc2ccc(Cl)cc2[nH]1. The molecule has 2 aromatic heterocycles. The zero-order valence-corrected chi connectivity index (χ0v) is 14.8. The summed E-state index contributed by atoms with van der Waals surface area (Å²) in [4.78, 5) is 27.1. The van der Waals surface area contributed by atoms with E-state index in [1.165, 1.54) is 0 Å². The van der Waals surface area contributed by atoms with Crippen LogP contribution in [-0.2, 0) is 17.8 Å². The summed E-state index contributed by atoms with van der Waals surface area (Å²) in [5.41, 5.74) is 1.78. The fourth-order valence-corrected chi connectivity index (χ4v) is 3.72. The van der Waals surface area contributed by atoms with Gasteiger partial charge in [-0.25, -0.2) is 9.97 Å². The summed E-state index contributed by atoms with van der Waals surface area (Å²) >= 11 is 6.05. The highest BCUT2D eigenvalue weighted by Gasteiger charge is 2.32. The van der Waals surface area contributed by atoms with Crippen LogP contribution in [0, 0.1) is 0 Å². The highest BCUT2D eigenvalue weighted by atomic mass is 35.5. The van der Waals surface area contributed by atoms with Crippen molar-refractivity contribution in [2.75, 3.05) is 6.54 Å². The lowest BCUT2D eigenvalue weighted by molar-refractivity contribution is -0.132. The van der Waals surface area contributed by atoms with Crippen molar-refractivity contribution < 1.29 is 4.79 Å². The molecule has 25 heavy (non-hydrogen) atoms. The molecule has 3 aromatic rings. The Hall–Kier alpha value is -2.34. The van der Waals surface area contributed by atoms with E-state index in [4.69, 9.17) is 11.6 Å². The number of halogens is 1. The van der Waals surface area contributed by atoms with Crippen LogP contribution < -0.4 is 0 Å². The van der Waals surface area contributed by atoms with Gasteiger partial charge in [0.1, 0.15) is 18.2 Å². The average Bonchev–Trinajstić information content (AvgIpc) is 3.32. The quantitative estimate of drug-likeness (QED) is 0.778. The number of nitrogens with one attached hydrogen (secondary N) is 1. The van der Waals surface area contributed by atoms with Gasteiger partial charge in [0.25, 0.3) is 0 Å². The third kappa shape index (κ3) is 3.02. The summed E-state index contributed by atoms with van der Waals surface area (Å²) in [5, 5.41) is 0.675. The summed E-state index contributed by atoms with van der Waals surface area (Å²) in [6.45, 7) is 3.13. The molecule has 1 saturated heterocycles. The van der Waals surface area contributed by atoms with Crippen LogP contribution in [0.25, 0.3) is 11.0 Å². The highest BCUT2D eigenvalue weighted by Crippen LogP contribution is 2.32. The van der Waals surface area contributed by atoms with E-state index < -0.39 is 0 Å². The maximum atomic E-state index is 12.8. The lowest BCUT2D eigenvalue weighted by atomic mass is 10.2. The van der Waals surface area contributed by atoms with Crippen LogP contribution in [0.15, 0.2) is 30.6 Å². The van der Waals surface area contributed by atoms with E-state index in [0.29, 0.717) is 11.6 Å². The number of aromatic nitrogens is 4. The predicted molar refractivity (Wildman–Crippen MR) is 96.4 cm³/mol. The Morgan fingerprint density at radius 3 is 3.16 bits per heavy atom. The second kappa shape index (κ2) is 6.52. The molecule has 1 fully saturated rings. The predicted octanol–water partition coefficient (Wildman–Crippen LogP) is 3.34. The molecular formula is C18H20ClN5O. The Kier molecular flexibility index (Phi) is 4.21. The van der Waals surface area contributed by atoms with Gasteiger partial charge in [0.2, 0.25) is 5.91 Å². The smallest absolute Gasteiger partial charge is 0.243 e. The van der Waals surface area contributed by atoms with E-state index in [9.17, 15) is 4.79 Å². The molecule has 1 amide bonds. The van der Waals surface area contributed by atoms with Crippen molar-refractivity contribution in [3.63, 3.8) is 0 Å². The Balaban J connectivity index is 1.57. The average molecular weight is 358 g/mol. The van der Waals surface area contributed by atoms with Crippen LogP contribution in [-0.4, -0.2) is 36.9 Å². The summed E-state index contributed by atoms with van der Waals surface area (Å²) in [6, 6.07) is 5.59. The molecule has 0 bridgehead atoms. The summed E-state index contributed by atoms with van der Waals surface area (Å²) in [7, 11) is 0. The van der Waals surface area contributed by atoms with Gasteiger partial charge in [0, 0.05) is 30.4 Å². The molecule has 0 spiro atoms. The van der Waals surface area contributed by atoms with Crippen molar-refractivity contribution >= 4 is 28.5 Å². The number of hydrogen-bond acceptors (Lipinski definition) is 3. The Morgan fingerprint density at radius 2 is 2.32 bits per heavy atom. The number of H-pyrrole nitrogens is 1.